The Kier molecular flexibility index (Phi) is 5.46. The van der Waals surface area contributed by atoms with Gasteiger partial charge in [-0.05, 0) is 31.2 Å². The number of carbonyl (C=O) groups is 1. The lowest BCUT2D eigenvalue weighted by Gasteiger charge is -2.13. The van der Waals surface area contributed by atoms with Gasteiger partial charge >= 0.3 is 0 Å². The van der Waals surface area contributed by atoms with E-state index in [1.54, 1.807) is 6.92 Å². The monoisotopic (exact) mass is 286 g/mol. The fourth-order valence-electron chi connectivity index (χ4n) is 1.55. The van der Waals surface area contributed by atoms with Crippen LogP contribution in [-0.4, -0.2) is 41.1 Å². The van der Waals surface area contributed by atoms with E-state index in [-0.39, 0.29) is 23.5 Å². The molecule has 0 aromatic heterocycles. The average molecular weight is 286 g/mol. The first-order chi connectivity index (χ1) is 8.90. The highest BCUT2D eigenvalue weighted by Gasteiger charge is 2.17. The first kappa shape index (κ1) is 15.6. The van der Waals surface area contributed by atoms with Crippen molar-refractivity contribution in [2.45, 2.75) is 17.9 Å². The van der Waals surface area contributed by atoms with E-state index in [0.717, 1.165) is 0 Å². The molecule has 0 radical (unpaired) electrons. The molecule has 1 aromatic carbocycles. The molecule has 0 unspecified atom stereocenters. The zero-order valence-corrected chi connectivity index (χ0v) is 12.0. The minimum atomic E-state index is -3.59. The van der Waals surface area contributed by atoms with Crippen molar-refractivity contribution in [1.82, 2.24) is 10.0 Å². The van der Waals surface area contributed by atoms with Crippen LogP contribution < -0.4 is 10.0 Å². The van der Waals surface area contributed by atoms with E-state index in [1.807, 2.05) is 0 Å². The van der Waals surface area contributed by atoms with Crippen LogP contribution in [0.15, 0.2) is 29.2 Å². The summed E-state index contributed by atoms with van der Waals surface area (Å²) in [7, 11) is -0.575. The smallest absolute Gasteiger partial charge is 0.251 e. The molecule has 0 bridgehead atoms. The summed E-state index contributed by atoms with van der Waals surface area (Å²) in [6, 6.07) is 5.40. The highest BCUT2D eigenvalue weighted by atomic mass is 32.2. The average Bonchev–Trinajstić information content (AvgIpc) is 2.37. The molecule has 7 heteroatoms. The first-order valence-corrected chi connectivity index (χ1v) is 7.22. The molecule has 2 N–H and O–H groups in total. The Morgan fingerprint density at radius 3 is 2.37 bits per heavy atom. The zero-order valence-electron chi connectivity index (χ0n) is 11.1. The molecule has 0 aliphatic carbocycles. The second-order valence-electron chi connectivity index (χ2n) is 4.08. The Morgan fingerprint density at radius 1 is 1.32 bits per heavy atom. The topological polar surface area (TPSA) is 84.5 Å². The lowest BCUT2D eigenvalue weighted by Crippen LogP contribution is -2.35. The quantitative estimate of drug-likeness (QED) is 0.791. The van der Waals surface area contributed by atoms with Gasteiger partial charge in [-0.25, -0.2) is 13.1 Å². The van der Waals surface area contributed by atoms with Gasteiger partial charge < -0.3 is 10.1 Å². The standard InChI is InChI=1S/C12H18N2O4S/c1-9(8-18-3)14-19(16,17)11-6-4-10(5-7-11)12(15)13-2/h4-7,9,14H,8H2,1-3H3,(H,13,15)/t9-/m1/s1. The van der Waals surface area contributed by atoms with Gasteiger partial charge in [0.05, 0.1) is 11.5 Å². The minimum Gasteiger partial charge on any atom is -0.383 e. The fraction of sp³-hybridized carbons (Fsp3) is 0.417. The maximum Gasteiger partial charge on any atom is 0.251 e. The number of hydrogen-bond acceptors (Lipinski definition) is 4. The van der Waals surface area contributed by atoms with Crippen molar-refractivity contribution in [3.8, 4) is 0 Å². The van der Waals surface area contributed by atoms with Gasteiger partial charge in [0.1, 0.15) is 0 Å². The maximum atomic E-state index is 12.0. The van der Waals surface area contributed by atoms with Crippen molar-refractivity contribution in [2.75, 3.05) is 20.8 Å². The normalized spacial score (nSPS) is 13.0. The molecule has 0 saturated heterocycles. The number of ether oxygens (including phenoxy) is 1. The molecule has 0 aliphatic heterocycles. The molecule has 6 nitrogen and oxygen atoms in total. The van der Waals surface area contributed by atoms with Gasteiger partial charge in [-0.15, -0.1) is 0 Å². The molecule has 106 valence electrons. The molecule has 0 saturated carbocycles. The highest BCUT2D eigenvalue weighted by molar-refractivity contribution is 7.89. The summed E-state index contributed by atoms with van der Waals surface area (Å²) in [6.45, 7) is 2.00. The van der Waals surface area contributed by atoms with E-state index in [1.165, 1.54) is 38.4 Å². The predicted molar refractivity (Wildman–Crippen MR) is 71.5 cm³/mol. The summed E-state index contributed by atoms with van der Waals surface area (Å²) in [5, 5.41) is 2.47. The fourth-order valence-corrected chi connectivity index (χ4v) is 2.77. The van der Waals surface area contributed by atoms with Crippen LogP contribution in [0.3, 0.4) is 0 Å². The van der Waals surface area contributed by atoms with Crippen molar-refractivity contribution in [2.24, 2.45) is 0 Å². The minimum absolute atomic E-state index is 0.114. The molecule has 0 fully saturated rings. The summed E-state index contributed by atoms with van der Waals surface area (Å²) in [4.78, 5) is 11.5. The number of nitrogens with one attached hydrogen (secondary N) is 2. The first-order valence-electron chi connectivity index (χ1n) is 5.74. The van der Waals surface area contributed by atoms with Gasteiger partial charge in [0, 0.05) is 25.8 Å². The molecular weight excluding hydrogens is 268 g/mol. The van der Waals surface area contributed by atoms with Crippen LogP contribution in [0.5, 0.6) is 0 Å². The largest absolute Gasteiger partial charge is 0.383 e. The van der Waals surface area contributed by atoms with Crippen LogP contribution in [0.25, 0.3) is 0 Å². The summed E-state index contributed by atoms with van der Waals surface area (Å²) < 4.78 is 31.4. The highest BCUT2D eigenvalue weighted by Crippen LogP contribution is 2.11. The van der Waals surface area contributed by atoms with Gasteiger partial charge in [-0.3, -0.25) is 4.79 Å². The van der Waals surface area contributed by atoms with E-state index >= 15 is 0 Å². The van der Waals surface area contributed by atoms with Gasteiger partial charge in [-0.1, -0.05) is 0 Å². The van der Waals surface area contributed by atoms with Crippen LogP contribution in [0.4, 0.5) is 0 Å². The van der Waals surface area contributed by atoms with Gasteiger partial charge in [0.2, 0.25) is 10.0 Å². The third kappa shape index (κ3) is 4.30. The third-order valence-corrected chi connectivity index (χ3v) is 4.03. The van der Waals surface area contributed by atoms with Crippen LogP contribution in [0.2, 0.25) is 0 Å². The van der Waals surface area contributed by atoms with Crippen LogP contribution in [-0.2, 0) is 14.8 Å². The van der Waals surface area contributed by atoms with Gasteiger partial charge in [0.15, 0.2) is 0 Å². The Hall–Kier alpha value is -1.44. The number of amides is 1. The summed E-state index contributed by atoms with van der Waals surface area (Å²) in [5.74, 6) is -0.260. The molecule has 0 spiro atoms. The second-order valence-corrected chi connectivity index (χ2v) is 5.80. The van der Waals surface area contributed by atoms with Crippen molar-refractivity contribution in [3.05, 3.63) is 29.8 Å². The molecule has 1 aromatic rings. The molecule has 0 heterocycles. The van der Waals surface area contributed by atoms with Crippen molar-refractivity contribution >= 4 is 15.9 Å². The SMILES string of the molecule is CNC(=O)c1ccc(S(=O)(=O)N[C@H](C)COC)cc1. The Morgan fingerprint density at radius 2 is 1.89 bits per heavy atom. The van der Waals surface area contributed by atoms with Crippen molar-refractivity contribution < 1.29 is 17.9 Å². The number of hydrogen-bond donors (Lipinski definition) is 2. The Labute approximate surface area is 113 Å². The molecule has 19 heavy (non-hydrogen) atoms. The lowest BCUT2D eigenvalue weighted by atomic mass is 10.2. The van der Waals surface area contributed by atoms with Crippen molar-refractivity contribution in [1.29, 1.82) is 0 Å². The van der Waals surface area contributed by atoms with E-state index < -0.39 is 10.0 Å². The van der Waals surface area contributed by atoms with Crippen LogP contribution in [0.1, 0.15) is 17.3 Å². The summed E-state index contributed by atoms with van der Waals surface area (Å²) in [6.07, 6.45) is 0. The molecule has 0 aliphatic rings. The van der Waals surface area contributed by atoms with E-state index in [9.17, 15) is 13.2 Å². The summed E-state index contributed by atoms with van der Waals surface area (Å²) >= 11 is 0. The number of sulfonamides is 1. The third-order valence-electron chi connectivity index (χ3n) is 2.43. The lowest BCUT2D eigenvalue weighted by molar-refractivity contribution is 0.0963. The zero-order chi connectivity index (χ0) is 14.5. The summed E-state index contributed by atoms with van der Waals surface area (Å²) in [5.41, 5.74) is 0.409. The molecule has 1 atom stereocenters. The number of methoxy groups -OCH3 is 1. The molecule has 1 amide bonds. The predicted octanol–water partition coefficient (Wildman–Crippen LogP) is 0.359. The number of carbonyl (C=O) groups excluding carboxylic acids is 1. The van der Waals surface area contributed by atoms with E-state index in [2.05, 4.69) is 10.0 Å². The Balaban J connectivity index is 2.88. The second kappa shape index (κ2) is 6.65. The van der Waals surface area contributed by atoms with Crippen molar-refractivity contribution in [3.63, 3.8) is 0 Å². The molecule has 1 rings (SSSR count). The van der Waals surface area contributed by atoms with E-state index in [0.29, 0.717) is 5.56 Å². The van der Waals surface area contributed by atoms with E-state index in [4.69, 9.17) is 4.74 Å². The number of rotatable bonds is 6. The number of benzene rings is 1. The van der Waals surface area contributed by atoms with Gasteiger partial charge in [0.25, 0.3) is 5.91 Å². The maximum absolute atomic E-state index is 12.0. The molecular formula is C12H18N2O4S. The van der Waals surface area contributed by atoms with Crippen LogP contribution in [0, 0.1) is 0 Å². The Bertz CT molecular complexity index is 525. The van der Waals surface area contributed by atoms with Crippen LogP contribution >= 0.6 is 0 Å². The van der Waals surface area contributed by atoms with Gasteiger partial charge in [-0.2, -0.15) is 0 Å².